The maximum Gasteiger partial charge on any atom is 0.285 e. The summed E-state index contributed by atoms with van der Waals surface area (Å²) >= 11 is 0. The van der Waals surface area contributed by atoms with E-state index in [1.54, 1.807) is 0 Å². The van der Waals surface area contributed by atoms with E-state index in [0.717, 1.165) is 50.3 Å². The summed E-state index contributed by atoms with van der Waals surface area (Å²) in [7, 11) is 0. The van der Waals surface area contributed by atoms with Gasteiger partial charge in [-0.2, -0.15) is 0 Å². The van der Waals surface area contributed by atoms with Gasteiger partial charge in [0.15, 0.2) is 0 Å². The Bertz CT molecular complexity index is 564. The van der Waals surface area contributed by atoms with Crippen LogP contribution in [-0.4, -0.2) is 28.6 Å². The zero-order valence-electron chi connectivity index (χ0n) is 12.1. The lowest BCUT2D eigenvalue weighted by Crippen LogP contribution is -2.41. The molecule has 1 fully saturated rings. The van der Waals surface area contributed by atoms with Crippen molar-refractivity contribution in [2.75, 3.05) is 6.61 Å². The van der Waals surface area contributed by atoms with Gasteiger partial charge in [-0.25, -0.2) is 4.39 Å². The second-order valence-corrected chi connectivity index (χ2v) is 5.58. The van der Waals surface area contributed by atoms with Crippen LogP contribution in [0.5, 0.6) is 0 Å². The van der Waals surface area contributed by atoms with Gasteiger partial charge in [0, 0.05) is 18.6 Å². The number of amides is 1. The highest BCUT2D eigenvalue weighted by Gasteiger charge is 2.28. The minimum absolute atomic E-state index is 0.0313. The van der Waals surface area contributed by atoms with Crippen molar-refractivity contribution >= 4 is 11.6 Å². The lowest BCUT2D eigenvalue weighted by atomic mass is 9.95. The normalized spacial score (nSPS) is 21.9. The van der Waals surface area contributed by atoms with Crippen LogP contribution in [0.2, 0.25) is 0 Å². The Kier molecular flexibility index (Phi) is 5.43. The number of nitrogens with one attached hydrogen (secondary N) is 1. The Hall–Kier alpha value is -2.02. The molecule has 1 amide bonds. The van der Waals surface area contributed by atoms with E-state index in [9.17, 15) is 24.4 Å². The van der Waals surface area contributed by atoms with E-state index >= 15 is 0 Å². The summed E-state index contributed by atoms with van der Waals surface area (Å²) in [6.07, 6.45) is 4.51. The second kappa shape index (κ2) is 7.31. The van der Waals surface area contributed by atoms with Gasteiger partial charge in [-0.1, -0.05) is 19.3 Å². The molecule has 2 rings (SSSR count). The van der Waals surface area contributed by atoms with Crippen molar-refractivity contribution in [3.63, 3.8) is 0 Å². The van der Waals surface area contributed by atoms with E-state index in [1.165, 1.54) is 0 Å². The number of aliphatic hydroxyl groups is 1. The monoisotopic (exact) mass is 310 g/mol. The number of halogens is 1. The van der Waals surface area contributed by atoms with Gasteiger partial charge < -0.3 is 10.4 Å². The fourth-order valence-electron chi connectivity index (χ4n) is 2.89. The highest BCUT2D eigenvalue weighted by molar-refractivity contribution is 5.98. The van der Waals surface area contributed by atoms with Crippen molar-refractivity contribution in [3.8, 4) is 0 Å². The summed E-state index contributed by atoms with van der Waals surface area (Å²) in [6, 6.07) is 2.67. The molecule has 0 saturated heterocycles. The molecule has 0 spiro atoms. The van der Waals surface area contributed by atoms with E-state index in [0.29, 0.717) is 0 Å². The Morgan fingerprint density at radius 3 is 2.77 bits per heavy atom. The lowest BCUT2D eigenvalue weighted by molar-refractivity contribution is -0.385. The first-order valence-electron chi connectivity index (χ1n) is 7.38. The number of benzene rings is 1. The summed E-state index contributed by atoms with van der Waals surface area (Å²) in [5.41, 5.74) is -0.709. The van der Waals surface area contributed by atoms with Gasteiger partial charge in [-0.3, -0.25) is 14.9 Å². The van der Waals surface area contributed by atoms with Crippen LogP contribution in [0, 0.1) is 21.8 Å². The Labute approximate surface area is 127 Å². The molecular weight excluding hydrogens is 291 g/mol. The van der Waals surface area contributed by atoms with Gasteiger partial charge in [-0.05, 0) is 25.0 Å². The van der Waals surface area contributed by atoms with Gasteiger partial charge in [0.1, 0.15) is 11.4 Å². The fourth-order valence-corrected chi connectivity index (χ4v) is 2.89. The third-order valence-electron chi connectivity index (χ3n) is 4.11. The summed E-state index contributed by atoms with van der Waals surface area (Å²) in [5, 5.41) is 23.2. The standard InChI is InChI=1S/C15H19FN2O4/c16-11-6-7-12(14(8-11)18(21)22)15(20)17-13-5-3-1-2-4-10(13)9-19/h6-8,10,13,19H,1-5,9H2,(H,17,20). The summed E-state index contributed by atoms with van der Waals surface area (Å²) in [6.45, 7) is -0.0313. The molecule has 1 aromatic rings. The summed E-state index contributed by atoms with van der Waals surface area (Å²) < 4.78 is 13.1. The number of hydrogen-bond acceptors (Lipinski definition) is 4. The third-order valence-corrected chi connectivity index (χ3v) is 4.11. The molecule has 22 heavy (non-hydrogen) atoms. The molecule has 1 saturated carbocycles. The van der Waals surface area contributed by atoms with Gasteiger partial charge in [0.25, 0.3) is 11.6 Å². The molecule has 0 aliphatic heterocycles. The maximum absolute atomic E-state index is 13.1. The van der Waals surface area contributed by atoms with E-state index in [4.69, 9.17) is 0 Å². The van der Waals surface area contributed by atoms with Crippen molar-refractivity contribution in [2.24, 2.45) is 5.92 Å². The summed E-state index contributed by atoms with van der Waals surface area (Å²) in [4.78, 5) is 22.5. The molecule has 7 heteroatoms. The molecule has 1 aliphatic carbocycles. The first kappa shape index (κ1) is 16.4. The minimum Gasteiger partial charge on any atom is -0.396 e. The van der Waals surface area contributed by atoms with E-state index in [2.05, 4.69) is 5.32 Å². The first-order valence-corrected chi connectivity index (χ1v) is 7.38. The lowest BCUT2D eigenvalue weighted by Gasteiger charge is -2.24. The summed E-state index contributed by atoms with van der Waals surface area (Å²) in [5.74, 6) is -1.41. The van der Waals surface area contributed by atoms with Crippen molar-refractivity contribution in [1.82, 2.24) is 5.32 Å². The molecule has 2 unspecified atom stereocenters. The van der Waals surface area contributed by atoms with Crippen LogP contribution in [0.4, 0.5) is 10.1 Å². The number of nitro benzene ring substituents is 1. The highest BCUT2D eigenvalue weighted by Crippen LogP contribution is 2.25. The predicted molar refractivity (Wildman–Crippen MR) is 78.0 cm³/mol. The number of nitrogens with zero attached hydrogens (tertiary/aromatic N) is 1. The van der Waals surface area contributed by atoms with Crippen LogP contribution in [0.1, 0.15) is 42.5 Å². The number of hydrogen-bond donors (Lipinski definition) is 2. The van der Waals surface area contributed by atoms with Gasteiger partial charge in [0.2, 0.25) is 0 Å². The van der Waals surface area contributed by atoms with Crippen LogP contribution < -0.4 is 5.32 Å². The second-order valence-electron chi connectivity index (χ2n) is 5.58. The van der Waals surface area contributed by atoms with Gasteiger partial charge >= 0.3 is 0 Å². The largest absolute Gasteiger partial charge is 0.396 e. The van der Waals surface area contributed by atoms with E-state index in [-0.39, 0.29) is 24.1 Å². The van der Waals surface area contributed by atoms with E-state index < -0.39 is 22.3 Å². The minimum atomic E-state index is -0.769. The molecule has 0 heterocycles. The van der Waals surface area contributed by atoms with Crippen molar-refractivity contribution in [1.29, 1.82) is 0 Å². The average molecular weight is 310 g/mol. The van der Waals surface area contributed by atoms with Crippen LogP contribution in [0.3, 0.4) is 0 Å². The molecule has 1 aliphatic rings. The molecule has 1 aromatic carbocycles. The van der Waals surface area contributed by atoms with Crippen molar-refractivity contribution in [3.05, 3.63) is 39.7 Å². The zero-order chi connectivity index (χ0) is 16.1. The Balaban J connectivity index is 2.19. The van der Waals surface area contributed by atoms with E-state index in [1.807, 2.05) is 0 Å². The average Bonchev–Trinajstić information content (AvgIpc) is 2.71. The van der Waals surface area contributed by atoms with Gasteiger partial charge in [0.05, 0.1) is 11.0 Å². The molecule has 0 aromatic heterocycles. The van der Waals surface area contributed by atoms with Crippen LogP contribution in [-0.2, 0) is 0 Å². The number of carbonyl (C=O) groups excluding carboxylic acids is 1. The number of carbonyl (C=O) groups is 1. The number of nitro groups is 1. The third kappa shape index (κ3) is 3.79. The Morgan fingerprint density at radius 1 is 1.36 bits per heavy atom. The maximum atomic E-state index is 13.1. The van der Waals surface area contributed by atoms with Crippen LogP contribution in [0.25, 0.3) is 0 Å². The van der Waals surface area contributed by atoms with Gasteiger partial charge in [-0.15, -0.1) is 0 Å². The van der Waals surface area contributed by atoms with Crippen LogP contribution >= 0.6 is 0 Å². The van der Waals surface area contributed by atoms with Crippen molar-refractivity contribution in [2.45, 2.75) is 38.1 Å². The quantitative estimate of drug-likeness (QED) is 0.507. The Morgan fingerprint density at radius 2 is 2.09 bits per heavy atom. The molecule has 2 N–H and O–H groups in total. The molecule has 0 bridgehead atoms. The molecule has 6 nitrogen and oxygen atoms in total. The first-order chi connectivity index (χ1) is 10.5. The SMILES string of the molecule is O=C(NC1CCCCCC1CO)c1ccc(F)cc1[N+](=O)[O-]. The number of rotatable bonds is 4. The predicted octanol–water partition coefficient (Wildman–Crippen LogP) is 2.40. The smallest absolute Gasteiger partial charge is 0.285 e. The fraction of sp³-hybridized carbons (Fsp3) is 0.533. The topological polar surface area (TPSA) is 92.5 Å². The molecule has 2 atom stereocenters. The van der Waals surface area contributed by atoms with Crippen molar-refractivity contribution < 1.29 is 19.2 Å². The molecular formula is C15H19FN2O4. The molecule has 0 radical (unpaired) electrons. The highest BCUT2D eigenvalue weighted by atomic mass is 19.1. The zero-order valence-corrected chi connectivity index (χ0v) is 12.1. The molecule has 120 valence electrons. The number of aliphatic hydroxyl groups excluding tert-OH is 1. The van der Waals surface area contributed by atoms with Crippen LogP contribution in [0.15, 0.2) is 18.2 Å².